The quantitative estimate of drug-likeness (QED) is 0.930. The van der Waals surface area contributed by atoms with E-state index in [9.17, 15) is 13.2 Å². The highest BCUT2D eigenvalue weighted by atomic mass is 32.2. The van der Waals surface area contributed by atoms with Gasteiger partial charge in [-0.1, -0.05) is 24.3 Å². The molecule has 0 spiro atoms. The first-order chi connectivity index (χ1) is 11.0. The molecule has 1 aliphatic heterocycles. The number of carbonyl (C=O) groups is 1. The van der Waals surface area contributed by atoms with Crippen molar-refractivity contribution in [3.8, 4) is 5.75 Å². The highest BCUT2D eigenvalue weighted by molar-refractivity contribution is 7.89. The average molecular weight is 332 g/mol. The van der Waals surface area contributed by atoms with Crippen LogP contribution in [0, 0.1) is 0 Å². The summed E-state index contributed by atoms with van der Waals surface area (Å²) in [5.41, 5.74) is 1.09. The summed E-state index contributed by atoms with van der Waals surface area (Å²) in [7, 11) is -2.18. The Bertz CT molecular complexity index is 831. The zero-order valence-electron chi connectivity index (χ0n) is 12.5. The molecule has 6 nitrogen and oxygen atoms in total. The topological polar surface area (TPSA) is 75.7 Å². The van der Waals surface area contributed by atoms with Crippen LogP contribution in [0.4, 0.5) is 5.69 Å². The summed E-state index contributed by atoms with van der Waals surface area (Å²) < 4.78 is 31.9. The van der Waals surface area contributed by atoms with E-state index < -0.39 is 10.0 Å². The molecular weight excluding hydrogens is 316 g/mol. The number of benzene rings is 2. The van der Waals surface area contributed by atoms with Crippen LogP contribution in [0.1, 0.15) is 5.56 Å². The van der Waals surface area contributed by atoms with E-state index in [0.29, 0.717) is 11.4 Å². The molecule has 1 amide bonds. The van der Waals surface area contributed by atoms with Crippen LogP contribution in [0.15, 0.2) is 53.4 Å². The van der Waals surface area contributed by atoms with Gasteiger partial charge in [0, 0.05) is 6.54 Å². The Hall–Kier alpha value is -2.38. The summed E-state index contributed by atoms with van der Waals surface area (Å²) in [6, 6.07) is 13.5. The minimum Gasteiger partial charge on any atom is -0.497 e. The fourth-order valence-electron chi connectivity index (χ4n) is 2.44. The van der Waals surface area contributed by atoms with Crippen LogP contribution < -0.4 is 10.1 Å². The van der Waals surface area contributed by atoms with Gasteiger partial charge in [-0.15, -0.1) is 0 Å². The summed E-state index contributed by atoms with van der Waals surface area (Å²) in [6.07, 6.45) is 0. The largest absolute Gasteiger partial charge is 0.497 e. The minimum absolute atomic E-state index is 0.111. The minimum atomic E-state index is -3.75. The molecule has 3 rings (SSSR count). The lowest BCUT2D eigenvalue weighted by molar-refractivity contribution is -0.116. The average Bonchev–Trinajstić information content (AvgIpc) is 2.63. The van der Waals surface area contributed by atoms with Gasteiger partial charge in [0.1, 0.15) is 10.6 Å². The Morgan fingerprint density at radius 1 is 1.13 bits per heavy atom. The van der Waals surface area contributed by atoms with Crippen LogP contribution in [0.5, 0.6) is 5.75 Å². The summed E-state index contributed by atoms with van der Waals surface area (Å²) in [4.78, 5) is 12.1. The number of carbonyl (C=O) groups excluding carboxylic acids is 1. The molecule has 1 N–H and O–H groups in total. The zero-order chi connectivity index (χ0) is 16.4. The lowest BCUT2D eigenvalue weighted by Crippen LogP contribution is -2.34. The normalized spacial score (nSPS) is 17.0. The maximum Gasteiger partial charge on any atom is 0.245 e. The number of sulfonamides is 1. The van der Waals surface area contributed by atoms with Crippen LogP contribution in [0.3, 0.4) is 0 Å². The van der Waals surface area contributed by atoms with Gasteiger partial charge in [0.25, 0.3) is 0 Å². The third kappa shape index (κ3) is 3.06. The molecule has 0 atom stereocenters. The van der Waals surface area contributed by atoms with Crippen LogP contribution >= 0.6 is 0 Å². The van der Waals surface area contributed by atoms with Crippen molar-refractivity contribution in [1.29, 1.82) is 0 Å². The van der Waals surface area contributed by atoms with Crippen LogP contribution in [0.25, 0.3) is 0 Å². The van der Waals surface area contributed by atoms with Crippen molar-refractivity contribution in [2.24, 2.45) is 0 Å². The van der Waals surface area contributed by atoms with Gasteiger partial charge in [-0.3, -0.25) is 4.79 Å². The predicted molar refractivity (Wildman–Crippen MR) is 85.7 cm³/mol. The van der Waals surface area contributed by atoms with E-state index in [1.807, 2.05) is 0 Å². The van der Waals surface area contributed by atoms with Gasteiger partial charge < -0.3 is 10.1 Å². The van der Waals surface area contributed by atoms with Crippen LogP contribution in [0.2, 0.25) is 0 Å². The molecule has 2 aromatic carbocycles. The highest BCUT2D eigenvalue weighted by Gasteiger charge is 2.32. The van der Waals surface area contributed by atoms with E-state index >= 15 is 0 Å². The fraction of sp³-hybridized carbons (Fsp3) is 0.188. The molecule has 0 unspecified atom stereocenters. The Kier molecular flexibility index (Phi) is 4.06. The molecule has 1 heterocycles. The number of rotatable bonds is 3. The van der Waals surface area contributed by atoms with Crippen molar-refractivity contribution in [3.63, 3.8) is 0 Å². The number of amides is 1. The van der Waals surface area contributed by atoms with Crippen molar-refractivity contribution in [2.45, 2.75) is 11.4 Å². The maximum atomic E-state index is 12.8. The van der Waals surface area contributed by atoms with Crippen molar-refractivity contribution in [3.05, 3.63) is 54.1 Å². The van der Waals surface area contributed by atoms with E-state index in [-0.39, 0.29) is 23.9 Å². The maximum absolute atomic E-state index is 12.8. The molecule has 0 saturated carbocycles. The standard InChI is InChI=1S/C16H16N2O4S/c1-22-13-8-6-12(7-9-13)10-18-11-16(19)17-14-4-2-3-5-15(14)23(18,20)21/h2-9H,10-11H2,1H3,(H,17,19). The molecule has 7 heteroatoms. The summed E-state index contributed by atoms with van der Waals surface area (Å²) in [5.74, 6) is 0.336. The van der Waals surface area contributed by atoms with Gasteiger partial charge in [0.15, 0.2) is 0 Å². The number of hydrogen-bond donors (Lipinski definition) is 1. The number of nitrogens with zero attached hydrogens (tertiary/aromatic N) is 1. The molecule has 2 aromatic rings. The Balaban J connectivity index is 1.96. The third-order valence-corrected chi connectivity index (χ3v) is 5.47. The summed E-state index contributed by atoms with van der Waals surface area (Å²) in [5, 5.41) is 2.63. The molecule has 0 aliphatic carbocycles. The van der Waals surface area contributed by atoms with E-state index in [2.05, 4.69) is 5.32 Å². The summed E-state index contributed by atoms with van der Waals surface area (Å²) in [6.45, 7) is -0.100. The zero-order valence-corrected chi connectivity index (χ0v) is 13.3. The van der Waals surface area contributed by atoms with Gasteiger partial charge in [-0.2, -0.15) is 4.31 Å². The molecule has 23 heavy (non-hydrogen) atoms. The van der Waals surface area contributed by atoms with E-state index in [1.54, 1.807) is 49.6 Å². The number of fused-ring (bicyclic) bond motifs is 1. The molecule has 0 aromatic heterocycles. The summed E-state index contributed by atoms with van der Waals surface area (Å²) >= 11 is 0. The molecule has 0 bridgehead atoms. The number of ether oxygens (including phenoxy) is 1. The Morgan fingerprint density at radius 3 is 2.52 bits per heavy atom. The van der Waals surface area contributed by atoms with Crippen LogP contribution in [-0.2, 0) is 21.4 Å². The molecule has 120 valence electrons. The monoisotopic (exact) mass is 332 g/mol. The molecule has 1 aliphatic rings. The smallest absolute Gasteiger partial charge is 0.245 e. The van der Waals surface area contributed by atoms with Gasteiger partial charge in [-0.05, 0) is 29.8 Å². The van der Waals surface area contributed by atoms with Gasteiger partial charge in [0.05, 0.1) is 19.3 Å². The van der Waals surface area contributed by atoms with E-state index in [4.69, 9.17) is 4.74 Å². The first-order valence-electron chi connectivity index (χ1n) is 7.02. The van der Waals surface area contributed by atoms with Gasteiger partial charge in [0.2, 0.25) is 15.9 Å². The van der Waals surface area contributed by atoms with E-state index in [1.165, 1.54) is 10.4 Å². The Labute approximate surface area is 134 Å². The lowest BCUT2D eigenvalue weighted by atomic mass is 10.2. The van der Waals surface area contributed by atoms with Crippen molar-refractivity contribution in [2.75, 3.05) is 19.0 Å². The third-order valence-electron chi connectivity index (χ3n) is 3.62. The second-order valence-electron chi connectivity index (χ2n) is 5.17. The molecule has 0 fully saturated rings. The highest BCUT2D eigenvalue weighted by Crippen LogP contribution is 2.28. The lowest BCUT2D eigenvalue weighted by Gasteiger charge is -2.19. The van der Waals surface area contributed by atoms with E-state index in [0.717, 1.165) is 5.56 Å². The number of anilines is 1. The number of hydrogen-bond acceptors (Lipinski definition) is 4. The molecular formula is C16H16N2O4S. The number of nitrogens with one attached hydrogen (secondary N) is 1. The number of para-hydroxylation sites is 1. The van der Waals surface area contributed by atoms with Crippen molar-refractivity contribution < 1.29 is 17.9 Å². The second kappa shape index (κ2) is 6.02. The van der Waals surface area contributed by atoms with Gasteiger partial charge in [-0.25, -0.2) is 8.42 Å². The number of methoxy groups -OCH3 is 1. The fourth-order valence-corrected chi connectivity index (χ4v) is 3.98. The van der Waals surface area contributed by atoms with Crippen molar-refractivity contribution >= 4 is 21.6 Å². The molecule has 0 saturated heterocycles. The second-order valence-corrected chi connectivity index (χ2v) is 7.07. The van der Waals surface area contributed by atoms with Crippen LogP contribution in [-0.4, -0.2) is 32.3 Å². The predicted octanol–water partition coefficient (Wildman–Crippen LogP) is 1.84. The SMILES string of the molecule is COc1ccc(CN2CC(=O)Nc3ccccc3S2(=O)=O)cc1. The van der Waals surface area contributed by atoms with Crippen molar-refractivity contribution in [1.82, 2.24) is 4.31 Å². The first kappa shape index (κ1) is 15.5. The first-order valence-corrected chi connectivity index (χ1v) is 8.46. The molecule has 0 radical (unpaired) electrons. The van der Waals surface area contributed by atoms with Gasteiger partial charge >= 0.3 is 0 Å². The Morgan fingerprint density at radius 2 is 1.83 bits per heavy atom.